The number of phenolic OH excluding ortho intramolecular Hbond substituents is 1. The van der Waals surface area contributed by atoms with Crippen molar-refractivity contribution in [1.29, 1.82) is 0 Å². The number of aliphatic hydroxyl groups excluding tert-OH is 1. The largest absolute Gasteiger partial charge is 0.506 e. The smallest absolute Gasteiger partial charge is 0.416 e. The molecule has 0 fully saturated rings. The molecule has 1 unspecified atom stereocenters. The first kappa shape index (κ1) is 27.8. The number of sulfonamides is 1. The van der Waals surface area contributed by atoms with Crippen molar-refractivity contribution in [2.24, 2.45) is 0 Å². The van der Waals surface area contributed by atoms with E-state index in [0.717, 1.165) is 41.6 Å². The van der Waals surface area contributed by atoms with Crippen LogP contribution in [0.3, 0.4) is 0 Å². The molecular formula is C26H24F3N3O6S2. The predicted octanol–water partition coefficient (Wildman–Crippen LogP) is 4.17. The Bertz CT molecular complexity index is 1690. The van der Waals surface area contributed by atoms with E-state index in [2.05, 4.69) is 0 Å². The third-order valence-corrected chi connectivity index (χ3v) is 10.1. The molecule has 2 aliphatic rings. The van der Waals surface area contributed by atoms with E-state index >= 15 is 0 Å². The molecule has 2 heterocycles. The van der Waals surface area contributed by atoms with Gasteiger partial charge in [0.2, 0.25) is 15.9 Å². The van der Waals surface area contributed by atoms with Gasteiger partial charge in [0.25, 0.3) is 0 Å². The fourth-order valence-electron chi connectivity index (χ4n) is 4.87. The molecule has 212 valence electrons. The van der Waals surface area contributed by atoms with E-state index in [-0.39, 0.29) is 22.9 Å². The Morgan fingerprint density at radius 2 is 1.65 bits per heavy atom. The summed E-state index contributed by atoms with van der Waals surface area (Å²) in [7, 11) is -8.26. The number of aromatic hydroxyl groups is 1. The minimum Gasteiger partial charge on any atom is -0.506 e. The van der Waals surface area contributed by atoms with E-state index in [1.165, 1.54) is 16.4 Å². The number of hydrogen-bond acceptors (Lipinski definition) is 6. The topological polar surface area (TPSA) is 127 Å². The van der Waals surface area contributed by atoms with Gasteiger partial charge in [-0.25, -0.2) is 17.4 Å². The molecule has 0 amide bonds. The Kier molecular flexibility index (Phi) is 6.96. The van der Waals surface area contributed by atoms with Crippen molar-refractivity contribution in [1.82, 2.24) is 9.03 Å². The van der Waals surface area contributed by atoms with Gasteiger partial charge in [-0.2, -0.15) is 25.9 Å². The number of benzene rings is 3. The molecule has 14 heteroatoms. The van der Waals surface area contributed by atoms with E-state index in [1.807, 2.05) is 22.9 Å². The fraction of sp³-hybridized carbons (Fsp3) is 0.231. The number of nitrogens with one attached hydrogen (secondary N) is 1. The van der Waals surface area contributed by atoms with E-state index in [9.17, 15) is 40.2 Å². The van der Waals surface area contributed by atoms with E-state index in [1.54, 1.807) is 12.1 Å². The van der Waals surface area contributed by atoms with Crippen LogP contribution in [0, 0.1) is 0 Å². The number of rotatable bonds is 6. The van der Waals surface area contributed by atoms with E-state index in [0.29, 0.717) is 29.1 Å². The van der Waals surface area contributed by atoms with E-state index in [4.69, 9.17) is 0 Å². The maximum Gasteiger partial charge on any atom is 0.416 e. The molecule has 0 aromatic heterocycles. The molecule has 0 saturated carbocycles. The number of nitrogens with zero attached hydrogens (tertiary/aromatic N) is 2. The van der Waals surface area contributed by atoms with Crippen LogP contribution in [-0.4, -0.2) is 37.4 Å². The summed E-state index contributed by atoms with van der Waals surface area (Å²) in [6.45, 7) is 0.0457. The second-order valence-electron chi connectivity index (χ2n) is 9.48. The van der Waals surface area contributed by atoms with Crippen molar-refractivity contribution < 1.29 is 40.2 Å². The predicted molar refractivity (Wildman–Crippen MR) is 140 cm³/mol. The van der Waals surface area contributed by atoms with Crippen molar-refractivity contribution in [2.45, 2.75) is 42.9 Å². The molecular weight excluding hydrogens is 571 g/mol. The molecule has 0 spiro atoms. The van der Waals surface area contributed by atoms with E-state index < -0.39 is 43.9 Å². The summed E-state index contributed by atoms with van der Waals surface area (Å²) in [5.74, 6) is -0.965. The standard InChI is InChI=1S/C26H24F3N3O6S2/c27-26(28,29)20-7-10-22(11-8-20)39(35,36)31-15-19-4-2-1-3-18(19)14-21(31)9-5-17-6-12-23(24(33)13-17)32-16-25(34)30-40(32,37)38/h1-4,6-8,10-13,16,21,30,33-34H,5,9,14-15H2. The summed E-state index contributed by atoms with van der Waals surface area (Å²) in [5.41, 5.74) is 1.33. The van der Waals surface area contributed by atoms with Crippen molar-refractivity contribution in [3.8, 4) is 5.75 Å². The lowest BCUT2D eigenvalue weighted by molar-refractivity contribution is -0.137. The zero-order chi connectivity index (χ0) is 28.9. The number of aliphatic hydroxyl groups is 1. The SMILES string of the molecule is O=S1(=O)NC(O)=CN1c1ccc(CCC2Cc3ccccc3CN2S(=O)(=O)c2ccc(C(F)(F)F)cc2)cc1O. The van der Waals surface area contributed by atoms with Gasteiger partial charge in [0.1, 0.15) is 11.4 Å². The van der Waals surface area contributed by atoms with Gasteiger partial charge in [0.05, 0.1) is 16.7 Å². The maximum atomic E-state index is 13.6. The summed E-state index contributed by atoms with van der Waals surface area (Å²) in [6, 6.07) is 14.5. The lowest BCUT2D eigenvalue weighted by Crippen LogP contribution is -2.44. The van der Waals surface area contributed by atoms with Gasteiger partial charge in [-0.3, -0.25) is 0 Å². The lowest BCUT2D eigenvalue weighted by atomic mass is 9.92. The minimum absolute atomic E-state index is 0.0457. The second kappa shape index (κ2) is 10.0. The number of hydrogen-bond donors (Lipinski definition) is 3. The number of fused-ring (bicyclic) bond motifs is 1. The Morgan fingerprint density at radius 1 is 0.975 bits per heavy atom. The average molecular weight is 596 g/mol. The number of halogens is 3. The normalized spacial score (nSPS) is 19.1. The third-order valence-electron chi connectivity index (χ3n) is 6.87. The molecule has 0 aliphatic carbocycles. The molecule has 40 heavy (non-hydrogen) atoms. The van der Waals surface area contributed by atoms with Gasteiger partial charge in [0, 0.05) is 12.6 Å². The second-order valence-corrected chi connectivity index (χ2v) is 12.9. The highest BCUT2D eigenvalue weighted by atomic mass is 32.2. The summed E-state index contributed by atoms with van der Waals surface area (Å²) in [6.07, 6.45) is -2.68. The van der Waals surface area contributed by atoms with Crippen LogP contribution in [0.5, 0.6) is 5.75 Å². The molecule has 0 radical (unpaired) electrons. The van der Waals surface area contributed by atoms with Crippen molar-refractivity contribution >= 4 is 25.9 Å². The zero-order valence-electron chi connectivity index (χ0n) is 20.7. The lowest BCUT2D eigenvalue weighted by Gasteiger charge is -2.36. The first-order chi connectivity index (χ1) is 18.8. The van der Waals surface area contributed by atoms with Crippen LogP contribution < -0.4 is 9.03 Å². The van der Waals surface area contributed by atoms with Gasteiger partial charge in [0.15, 0.2) is 0 Å². The van der Waals surface area contributed by atoms with Crippen LogP contribution in [0.25, 0.3) is 0 Å². The number of phenols is 1. The third kappa shape index (κ3) is 5.33. The Morgan fingerprint density at radius 3 is 2.25 bits per heavy atom. The van der Waals surface area contributed by atoms with Crippen molar-refractivity contribution in [3.05, 3.63) is 101 Å². The van der Waals surface area contributed by atoms with Crippen LogP contribution in [-0.2, 0) is 45.8 Å². The Hall–Kier alpha value is -3.75. The quantitative estimate of drug-likeness (QED) is 0.393. The fourth-order valence-corrected chi connectivity index (χ4v) is 7.57. The summed E-state index contributed by atoms with van der Waals surface area (Å²) in [4.78, 5) is -0.247. The summed E-state index contributed by atoms with van der Waals surface area (Å²) < 4.78 is 94.5. The zero-order valence-corrected chi connectivity index (χ0v) is 22.3. The highest BCUT2D eigenvalue weighted by molar-refractivity contribution is 7.91. The van der Waals surface area contributed by atoms with Gasteiger partial charge >= 0.3 is 16.4 Å². The van der Waals surface area contributed by atoms with Crippen LogP contribution >= 0.6 is 0 Å². The Labute approximate surface area is 229 Å². The molecule has 0 bridgehead atoms. The van der Waals surface area contributed by atoms with Gasteiger partial charge in [-0.1, -0.05) is 30.3 Å². The first-order valence-corrected chi connectivity index (χ1v) is 14.9. The Balaban J connectivity index is 1.40. The minimum atomic E-state index is -4.60. The monoisotopic (exact) mass is 595 g/mol. The van der Waals surface area contributed by atoms with Gasteiger partial charge in [-0.05, 0) is 72.4 Å². The van der Waals surface area contributed by atoms with Gasteiger partial charge < -0.3 is 10.2 Å². The molecule has 5 rings (SSSR count). The van der Waals surface area contributed by atoms with Gasteiger partial charge in [-0.15, -0.1) is 0 Å². The molecule has 0 saturated heterocycles. The highest BCUT2D eigenvalue weighted by Crippen LogP contribution is 2.35. The molecule has 3 aromatic rings. The van der Waals surface area contributed by atoms with Crippen molar-refractivity contribution in [3.63, 3.8) is 0 Å². The average Bonchev–Trinajstić information content (AvgIpc) is 3.17. The molecule has 3 N–H and O–H groups in total. The van der Waals surface area contributed by atoms with Crippen LogP contribution in [0.15, 0.2) is 83.7 Å². The first-order valence-electron chi connectivity index (χ1n) is 12.1. The molecule has 9 nitrogen and oxygen atoms in total. The number of anilines is 1. The molecule has 2 aliphatic heterocycles. The van der Waals surface area contributed by atoms with Crippen molar-refractivity contribution in [2.75, 3.05) is 4.31 Å². The summed E-state index contributed by atoms with van der Waals surface area (Å²) in [5, 5.41) is 20.0. The highest BCUT2D eigenvalue weighted by Gasteiger charge is 2.37. The molecule has 3 aromatic carbocycles. The van der Waals surface area contributed by atoms with Crippen LogP contribution in [0.2, 0.25) is 0 Å². The molecule has 1 atom stereocenters. The van der Waals surface area contributed by atoms with Crippen LogP contribution in [0.1, 0.15) is 28.7 Å². The number of aryl methyl sites for hydroxylation is 1. The maximum absolute atomic E-state index is 13.6. The number of alkyl halides is 3. The van der Waals surface area contributed by atoms with Crippen LogP contribution in [0.4, 0.5) is 18.9 Å². The summed E-state index contributed by atoms with van der Waals surface area (Å²) >= 11 is 0.